The molecule has 0 amide bonds. The Morgan fingerprint density at radius 3 is 2.24 bits per heavy atom. The lowest BCUT2D eigenvalue weighted by molar-refractivity contribution is 0.354. The van der Waals surface area contributed by atoms with Gasteiger partial charge in [-0.25, -0.2) is 4.98 Å². The second-order valence-corrected chi connectivity index (χ2v) is 9.52. The minimum Gasteiger partial charge on any atom is -0.497 e. The van der Waals surface area contributed by atoms with Crippen LogP contribution in [-0.4, -0.2) is 56.9 Å². The maximum Gasteiger partial charge on any atom is 0.225 e. The van der Waals surface area contributed by atoms with Crippen molar-refractivity contribution in [2.75, 3.05) is 45.1 Å². The van der Waals surface area contributed by atoms with Crippen LogP contribution in [0.2, 0.25) is 0 Å². The highest BCUT2D eigenvalue weighted by Gasteiger charge is 2.23. The van der Waals surface area contributed by atoms with Gasteiger partial charge in [0.15, 0.2) is 0 Å². The molecule has 1 fully saturated rings. The highest BCUT2D eigenvalue weighted by Crippen LogP contribution is 2.29. The van der Waals surface area contributed by atoms with Crippen LogP contribution >= 0.6 is 0 Å². The number of nitrogens with one attached hydrogen (secondary N) is 2. The first-order valence-corrected chi connectivity index (χ1v) is 12.3. The van der Waals surface area contributed by atoms with E-state index in [9.17, 15) is 0 Å². The molecule has 1 heterocycles. The first-order valence-electron chi connectivity index (χ1n) is 12.3. The van der Waals surface area contributed by atoms with Gasteiger partial charge in [0.25, 0.3) is 0 Å². The van der Waals surface area contributed by atoms with E-state index in [4.69, 9.17) is 19.4 Å². The number of nitrogens with zero attached hydrogens (tertiary/aromatic N) is 3. The van der Waals surface area contributed by atoms with E-state index < -0.39 is 0 Å². The molecule has 2 aromatic rings. The standard InChI is InChI=1S/C26H39N5O2/c1-31(2)25-23-7-5-6-8-24(23)29-26(30-25)28-20-11-9-19(10-12-20)27-14-13-18-15-21(32-3)17-22(16-18)33-4/h15-17,19-20,27H,5-14H2,1-4H3,(H,28,29,30). The third kappa shape index (κ3) is 6.08. The molecule has 33 heavy (non-hydrogen) atoms. The highest BCUT2D eigenvalue weighted by atomic mass is 16.5. The van der Waals surface area contributed by atoms with E-state index >= 15 is 0 Å². The quantitative estimate of drug-likeness (QED) is 0.595. The van der Waals surface area contributed by atoms with Gasteiger partial charge in [-0.05, 0) is 82.0 Å². The smallest absolute Gasteiger partial charge is 0.225 e. The van der Waals surface area contributed by atoms with Gasteiger partial charge in [-0.2, -0.15) is 4.98 Å². The van der Waals surface area contributed by atoms with Crippen molar-refractivity contribution in [3.05, 3.63) is 35.0 Å². The lowest BCUT2D eigenvalue weighted by Crippen LogP contribution is -2.38. The number of benzene rings is 1. The number of rotatable bonds is 9. The number of anilines is 2. The Morgan fingerprint density at radius 2 is 1.58 bits per heavy atom. The van der Waals surface area contributed by atoms with Crippen LogP contribution in [0.4, 0.5) is 11.8 Å². The number of hydrogen-bond donors (Lipinski definition) is 2. The molecule has 180 valence electrons. The fraction of sp³-hybridized carbons (Fsp3) is 0.615. The van der Waals surface area contributed by atoms with Crippen molar-refractivity contribution in [3.8, 4) is 11.5 Å². The molecule has 1 aromatic heterocycles. The Hall–Kier alpha value is -2.54. The number of aromatic nitrogens is 2. The molecular weight excluding hydrogens is 414 g/mol. The van der Waals surface area contributed by atoms with Gasteiger partial charge >= 0.3 is 0 Å². The van der Waals surface area contributed by atoms with Crippen molar-refractivity contribution in [3.63, 3.8) is 0 Å². The molecule has 0 radical (unpaired) electrons. The monoisotopic (exact) mass is 453 g/mol. The van der Waals surface area contributed by atoms with Gasteiger partial charge in [-0.3, -0.25) is 0 Å². The molecule has 7 heteroatoms. The fourth-order valence-corrected chi connectivity index (χ4v) is 5.06. The van der Waals surface area contributed by atoms with Crippen molar-refractivity contribution in [2.45, 2.75) is 69.9 Å². The van der Waals surface area contributed by atoms with Crippen molar-refractivity contribution in [1.29, 1.82) is 0 Å². The molecule has 0 unspecified atom stereocenters. The molecule has 4 rings (SSSR count). The molecule has 2 N–H and O–H groups in total. The van der Waals surface area contributed by atoms with Crippen LogP contribution < -0.4 is 25.0 Å². The van der Waals surface area contributed by atoms with E-state index in [2.05, 4.69) is 41.8 Å². The zero-order chi connectivity index (χ0) is 23.2. The van der Waals surface area contributed by atoms with E-state index in [-0.39, 0.29) is 0 Å². The third-order valence-corrected chi connectivity index (χ3v) is 6.90. The number of aryl methyl sites for hydroxylation is 1. The Kier molecular flexibility index (Phi) is 7.91. The van der Waals surface area contributed by atoms with E-state index in [1.165, 1.54) is 42.5 Å². The number of methoxy groups -OCH3 is 2. The Bertz CT molecular complexity index is 903. The fourth-order valence-electron chi connectivity index (χ4n) is 5.06. The Morgan fingerprint density at radius 1 is 0.909 bits per heavy atom. The van der Waals surface area contributed by atoms with Crippen LogP contribution in [0.3, 0.4) is 0 Å². The lowest BCUT2D eigenvalue weighted by Gasteiger charge is -2.30. The van der Waals surface area contributed by atoms with Gasteiger partial charge in [0, 0.05) is 37.8 Å². The first-order chi connectivity index (χ1) is 16.1. The molecule has 2 aliphatic rings. The summed E-state index contributed by atoms with van der Waals surface area (Å²) in [7, 11) is 7.55. The van der Waals surface area contributed by atoms with Gasteiger partial charge in [0.05, 0.1) is 19.9 Å². The number of ether oxygens (including phenoxy) is 2. The molecule has 0 spiro atoms. The molecule has 2 aliphatic carbocycles. The predicted octanol–water partition coefficient (Wildman–Crippen LogP) is 3.99. The summed E-state index contributed by atoms with van der Waals surface area (Å²) in [5.41, 5.74) is 3.82. The van der Waals surface area contributed by atoms with Gasteiger partial charge < -0.3 is 25.0 Å². The summed E-state index contributed by atoms with van der Waals surface area (Å²) < 4.78 is 10.8. The molecule has 1 aromatic carbocycles. The van der Waals surface area contributed by atoms with E-state index in [1.54, 1.807) is 14.2 Å². The van der Waals surface area contributed by atoms with Crippen molar-refractivity contribution >= 4 is 11.8 Å². The van der Waals surface area contributed by atoms with Crippen LogP contribution in [0.15, 0.2) is 18.2 Å². The normalized spacial score (nSPS) is 20.1. The van der Waals surface area contributed by atoms with E-state index in [1.807, 2.05) is 6.07 Å². The molecule has 0 aliphatic heterocycles. The maximum absolute atomic E-state index is 5.39. The molecule has 1 saturated carbocycles. The average molecular weight is 454 g/mol. The Balaban J connectivity index is 1.26. The average Bonchev–Trinajstić information content (AvgIpc) is 2.84. The second kappa shape index (κ2) is 11.1. The van der Waals surface area contributed by atoms with Crippen molar-refractivity contribution < 1.29 is 9.47 Å². The molecule has 0 atom stereocenters. The van der Waals surface area contributed by atoms with Gasteiger partial charge in [-0.1, -0.05) is 0 Å². The summed E-state index contributed by atoms with van der Waals surface area (Å²) in [6.45, 7) is 0.958. The SMILES string of the molecule is COc1cc(CCNC2CCC(Nc3nc4c(c(N(C)C)n3)CCCC4)CC2)cc(OC)c1. The summed E-state index contributed by atoms with van der Waals surface area (Å²) in [5, 5.41) is 7.40. The lowest BCUT2D eigenvalue weighted by atomic mass is 9.91. The zero-order valence-electron chi connectivity index (χ0n) is 20.6. The predicted molar refractivity (Wildman–Crippen MR) is 134 cm³/mol. The van der Waals surface area contributed by atoms with Crippen LogP contribution in [-0.2, 0) is 19.3 Å². The van der Waals surface area contributed by atoms with Crippen LogP contribution in [0.1, 0.15) is 55.3 Å². The minimum absolute atomic E-state index is 0.447. The van der Waals surface area contributed by atoms with Crippen LogP contribution in [0, 0.1) is 0 Å². The summed E-state index contributed by atoms with van der Waals surface area (Å²) >= 11 is 0. The zero-order valence-corrected chi connectivity index (χ0v) is 20.6. The van der Waals surface area contributed by atoms with Gasteiger partial charge in [-0.15, -0.1) is 0 Å². The summed E-state index contributed by atoms with van der Waals surface area (Å²) in [5.74, 6) is 3.59. The van der Waals surface area contributed by atoms with Crippen molar-refractivity contribution in [2.24, 2.45) is 0 Å². The summed E-state index contributed by atoms with van der Waals surface area (Å²) in [6.07, 6.45) is 10.2. The van der Waals surface area contributed by atoms with E-state index in [0.29, 0.717) is 12.1 Å². The number of hydrogen-bond acceptors (Lipinski definition) is 7. The third-order valence-electron chi connectivity index (χ3n) is 6.90. The Labute approximate surface area is 198 Å². The topological polar surface area (TPSA) is 71.5 Å². The summed E-state index contributed by atoms with van der Waals surface area (Å²) in [6, 6.07) is 7.11. The maximum atomic E-state index is 5.39. The molecule has 7 nitrogen and oxygen atoms in total. The largest absolute Gasteiger partial charge is 0.497 e. The first kappa shape index (κ1) is 23.6. The van der Waals surface area contributed by atoms with Crippen molar-refractivity contribution in [1.82, 2.24) is 15.3 Å². The number of fused-ring (bicyclic) bond motifs is 1. The van der Waals surface area contributed by atoms with Gasteiger partial charge in [0.1, 0.15) is 17.3 Å². The highest BCUT2D eigenvalue weighted by molar-refractivity contribution is 5.53. The van der Waals surface area contributed by atoms with Crippen LogP contribution in [0.5, 0.6) is 11.5 Å². The molecule has 0 bridgehead atoms. The molecular formula is C26H39N5O2. The minimum atomic E-state index is 0.447. The summed E-state index contributed by atoms with van der Waals surface area (Å²) in [4.78, 5) is 11.9. The van der Waals surface area contributed by atoms with Crippen LogP contribution in [0.25, 0.3) is 0 Å². The molecule has 0 saturated heterocycles. The van der Waals surface area contributed by atoms with E-state index in [0.717, 1.165) is 61.9 Å². The second-order valence-electron chi connectivity index (χ2n) is 9.52. The van der Waals surface area contributed by atoms with Gasteiger partial charge in [0.2, 0.25) is 5.95 Å².